The summed E-state index contributed by atoms with van der Waals surface area (Å²) < 4.78 is 0. The van der Waals surface area contributed by atoms with E-state index in [4.69, 9.17) is 0 Å². The predicted octanol–water partition coefficient (Wildman–Crippen LogP) is 2.43. The second-order valence-electron chi connectivity index (χ2n) is 4.37. The van der Waals surface area contributed by atoms with E-state index < -0.39 is 0 Å². The molecule has 0 aliphatic heterocycles. The average Bonchev–Trinajstić information content (AvgIpc) is 2.30. The van der Waals surface area contributed by atoms with Crippen LogP contribution in [0.4, 0.5) is 5.69 Å². The van der Waals surface area contributed by atoms with E-state index in [0.717, 1.165) is 12.8 Å². The highest BCUT2D eigenvalue weighted by Gasteiger charge is 2.26. The molecule has 0 heterocycles. The first-order valence-corrected chi connectivity index (χ1v) is 5.75. The Morgan fingerprint density at radius 3 is 2.47 bits per heavy atom. The number of hydrogen-bond acceptors (Lipinski definition) is 2. The van der Waals surface area contributed by atoms with Gasteiger partial charge >= 0.3 is 0 Å². The zero-order valence-electron chi connectivity index (χ0n) is 9.26. The van der Waals surface area contributed by atoms with E-state index in [1.165, 1.54) is 18.5 Å². The molecule has 1 aliphatic rings. The highest BCUT2D eigenvalue weighted by atomic mass is 16.3. The topological polar surface area (TPSA) is 23.5 Å². The smallest absolute Gasteiger partial charge is 0.0743 e. The van der Waals surface area contributed by atoms with Crippen LogP contribution in [0.1, 0.15) is 25.7 Å². The lowest BCUT2D eigenvalue weighted by atomic mass is 9.91. The van der Waals surface area contributed by atoms with Gasteiger partial charge in [0, 0.05) is 12.7 Å². The maximum atomic E-state index is 9.96. The van der Waals surface area contributed by atoms with Crippen molar-refractivity contribution in [2.45, 2.75) is 37.8 Å². The summed E-state index contributed by atoms with van der Waals surface area (Å²) >= 11 is 0. The van der Waals surface area contributed by atoms with Crippen molar-refractivity contribution in [3.8, 4) is 0 Å². The predicted molar refractivity (Wildman–Crippen MR) is 63.1 cm³/mol. The van der Waals surface area contributed by atoms with Crippen LogP contribution in [0, 0.1) is 0 Å². The highest BCUT2D eigenvalue weighted by Crippen LogP contribution is 2.26. The van der Waals surface area contributed by atoms with E-state index in [0.29, 0.717) is 6.04 Å². The van der Waals surface area contributed by atoms with E-state index >= 15 is 0 Å². The molecule has 0 spiro atoms. The second kappa shape index (κ2) is 4.67. The maximum Gasteiger partial charge on any atom is 0.0743 e. The number of rotatable bonds is 2. The quantitative estimate of drug-likeness (QED) is 0.801. The van der Waals surface area contributed by atoms with Crippen LogP contribution in [0.5, 0.6) is 0 Å². The summed E-state index contributed by atoms with van der Waals surface area (Å²) in [6.07, 6.45) is 4.29. The number of nitrogens with zero attached hydrogens (tertiary/aromatic N) is 1. The van der Waals surface area contributed by atoms with Gasteiger partial charge in [-0.25, -0.2) is 0 Å². The Labute approximate surface area is 91.5 Å². The van der Waals surface area contributed by atoms with E-state index in [2.05, 4.69) is 24.1 Å². The zero-order chi connectivity index (χ0) is 10.7. The fraction of sp³-hybridized carbons (Fsp3) is 0.538. The van der Waals surface area contributed by atoms with Crippen LogP contribution < -0.4 is 4.90 Å². The molecule has 2 unspecified atom stereocenters. The largest absolute Gasteiger partial charge is 0.391 e. The van der Waals surface area contributed by atoms with Gasteiger partial charge in [-0.3, -0.25) is 0 Å². The minimum Gasteiger partial charge on any atom is -0.391 e. The lowest BCUT2D eigenvalue weighted by Gasteiger charge is -2.36. The molecule has 82 valence electrons. The van der Waals surface area contributed by atoms with Crippen molar-refractivity contribution in [3.63, 3.8) is 0 Å². The van der Waals surface area contributed by atoms with Crippen LogP contribution >= 0.6 is 0 Å². The van der Waals surface area contributed by atoms with E-state index in [9.17, 15) is 5.11 Å². The van der Waals surface area contributed by atoms with Crippen molar-refractivity contribution in [1.82, 2.24) is 0 Å². The molecule has 1 saturated carbocycles. The molecule has 2 heteroatoms. The van der Waals surface area contributed by atoms with Gasteiger partial charge in [0.2, 0.25) is 0 Å². The number of anilines is 1. The Morgan fingerprint density at radius 2 is 1.80 bits per heavy atom. The molecule has 2 nitrogen and oxygen atoms in total. The van der Waals surface area contributed by atoms with Crippen LogP contribution in [0.15, 0.2) is 30.3 Å². The van der Waals surface area contributed by atoms with Gasteiger partial charge in [0.05, 0.1) is 12.1 Å². The Balaban J connectivity index is 2.09. The molecule has 1 fully saturated rings. The molecule has 2 atom stereocenters. The fourth-order valence-corrected chi connectivity index (χ4v) is 2.40. The lowest BCUT2D eigenvalue weighted by Crippen LogP contribution is -2.43. The van der Waals surface area contributed by atoms with E-state index in [1.54, 1.807) is 0 Å². The van der Waals surface area contributed by atoms with E-state index in [-0.39, 0.29) is 6.10 Å². The number of likely N-dealkylation sites (N-methyl/N-ethyl adjacent to an activating group) is 1. The minimum atomic E-state index is -0.163. The second-order valence-corrected chi connectivity index (χ2v) is 4.37. The molecule has 0 bridgehead atoms. The van der Waals surface area contributed by atoms with Gasteiger partial charge in [0.15, 0.2) is 0 Å². The van der Waals surface area contributed by atoms with Gasteiger partial charge in [-0.1, -0.05) is 31.0 Å². The Kier molecular flexibility index (Phi) is 3.27. The molecule has 0 aromatic heterocycles. The third kappa shape index (κ3) is 2.32. The molecular weight excluding hydrogens is 186 g/mol. The van der Waals surface area contributed by atoms with Crippen molar-refractivity contribution < 1.29 is 5.11 Å². The molecule has 1 aromatic carbocycles. The number of aliphatic hydroxyl groups excluding tert-OH is 1. The van der Waals surface area contributed by atoms with Crippen LogP contribution in [-0.4, -0.2) is 24.3 Å². The van der Waals surface area contributed by atoms with Gasteiger partial charge in [-0.2, -0.15) is 0 Å². The first kappa shape index (κ1) is 10.5. The highest BCUT2D eigenvalue weighted by molar-refractivity contribution is 5.46. The first-order valence-electron chi connectivity index (χ1n) is 5.75. The van der Waals surface area contributed by atoms with Gasteiger partial charge in [0.1, 0.15) is 0 Å². The molecule has 15 heavy (non-hydrogen) atoms. The van der Waals surface area contributed by atoms with Gasteiger partial charge in [-0.05, 0) is 25.0 Å². The third-order valence-electron chi connectivity index (χ3n) is 3.35. The number of para-hydroxylation sites is 1. The molecule has 0 saturated heterocycles. The fourth-order valence-electron chi connectivity index (χ4n) is 2.40. The minimum absolute atomic E-state index is 0.163. The zero-order valence-corrected chi connectivity index (χ0v) is 9.26. The summed E-state index contributed by atoms with van der Waals surface area (Å²) in [7, 11) is 2.08. The first-order chi connectivity index (χ1) is 7.29. The molecule has 1 N–H and O–H groups in total. The average molecular weight is 205 g/mol. The molecule has 0 radical (unpaired) electrons. The Bertz CT molecular complexity index is 299. The molecule has 1 aliphatic carbocycles. The van der Waals surface area contributed by atoms with Crippen molar-refractivity contribution in [3.05, 3.63) is 30.3 Å². The molecule has 2 rings (SSSR count). The van der Waals surface area contributed by atoms with Crippen LogP contribution in [-0.2, 0) is 0 Å². The maximum absolute atomic E-state index is 9.96. The SMILES string of the molecule is CN(c1ccccc1)C1CCCCC1O. The summed E-state index contributed by atoms with van der Waals surface area (Å²) in [4.78, 5) is 2.21. The standard InChI is InChI=1S/C13H19NO/c1-14(11-7-3-2-4-8-11)12-9-5-6-10-13(12)15/h2-4,7-8,12-13,15H,5-6,9-10H2,1H3. The third-order valence-corrected chi connectivity index (χ3v) is 3.35. The Hall–Kier alpha value is -1.02. The summed E-state index contributed by atoms with van der Waals surface area (Å²) in [6, 6.07) is 10.6. The number of hydrogen-bond donors (Lipinski definition) is 1. The van der Waals surface area contributed by atoms with Crippen molar-refractivity contribution >= 4 is 5.69 Å². The van der Waals surface area contributed by atoms with Crippen LogP contribution in [0.2, 0.25) is 0 Å². The van der Waals surface area contributed by atoms with Crippen molar-refractivity contribution in [2.24, 2.45) is 0 Å². The van der Waals surface area contributed by atoms with Gasteiger partial charge in [-0.15, -0.1) is 0 Å². The molecule has 1 aromatic rings. The van der Waals surface area contributed by atoms with Crippen molar-refractivity contribution in [1.29, 1.82) is 0 Å². The molecular formula is C13H19NO. The summed E-state index contributed by atoms with van der Waals surface area (Å²) in [5.41, 5.74) is 1.20. The Morgan fingerprint density at radius 1 is 1.13 bits per heavy atom. The number of aliphatic hydroxyl groups is 1. The normalized spacial score (nSPS) is 26.3. The van der Waals surface area contributed by atoms with Crippen LogP contribution in [0.25, 0.3) is 0 Å². The van der Waals surface area contributed by atoms with Crippen LogP contribution in [0.3, 0.4) is 0 Å². The number of benzene rings is 1. The van der Waals surface area contributed by atoms with E-state index in [1.807, 2.05) is 18.2 Å². The summed E-state index contributed by atoms with van der Waals surface area (Å²) in [6.45, 7) is 0. The van der Waals surface area contributed by atoms with Crippen molar-refractivity contribution in [2.75, 3.05) is 11.9 Å². The summed E-state index contributed by atoms with van der Waals surface area (Å²) in [5, 5.41) is 9.96. The summed E-state index contributed by atoms with van der Waals surface area (Å²) in [5.74, 6) is 0. The molecule has 0 amide bonds. The monoisotopic (exact) mass is 205 g/mol. The van der Waals surface area contributed by atoms with Gasteiger partial charge < -0.3 is 10.0 Å². The van der Waals surface area contributed by atoms with Gasteiger partial charge in [0.25, 0.3) is 0 Å². The lowest BCUT2D eigenvalue weighted by molar-refractivity contribution is 0.106.